The molecule has 1 aliphatic rings. The van der Waals surface area contributed by atoms with E-state index in [0.29, 0.717) is 6.61 Å². The van der Waals surface area contributed by atoms with Crippen molar-refractivity contribution in [2.24, 2.45) is 0 Å². The molecule has 0 saturated carbocycles. The van der Waals surface area contributed by atoms with E-state index in [0.717, 1.165) is 47.2 Å². The van der Waals surface area contributed by atoms with E-state index in [1.807, 2.05) is 37.4 Å². The quantitative estimate of drug-likeness (QED) is 0.916. The van der Waals surface area contributed by atoms with Crippen molar-refractivity contribution in [3.8, 4) is 11.5 Å². The molecule has 4 heteroatoms. The minimum atomic E-state index is 0.462. The fourth-order valence-corrected chi connectivity index (χ4v) is 2.85. The number of fused-ring (bicyclic) bond motifs is 1. The summed E-state index contributed by atoms with van der Waals surface area (Å²) in [6, 6.07) is 11.9. The summed E-state index contributed by atoms with van der Waals surface area (Å²) in [5.74, 6) is 1.82. The van der Waals surface area contributed by atoms with E-state index in [1.165, 1.54) is 5.56 Å². The Morgan fingerprint density at radius 1 is 1.24 bits per heavy atom. The third kappa shape index (κ3) is 3.14. The van der Waals surface area contributed by atoms with Crippen molar-refractivity contribution >= 4 is 11.6 Å². The Labute approximate surface area is 129 Å². The average molecular weight is 304 g/mol. The van der Waals surface area contributed by atoms with Crippen LogP contribution in [0.3, 0.4) is 0 Å². The second-order valence-corrected chi connectivity index (χ2v) is 5.51. The zero-order chi connectivity index (χ0) is 14.7. The molecule has 0 spiro atoms. The van der Waals surface area contributed by atoms with Crippen LogP contribution < -0.4 is 14.8 Å². The van der Waals surface area contributed by atoms with Gasteiger partial charge in [0.25, 0.3) is 0 Å². The number of para-hydroxylation sites is 1. The highest BCUT2D eigenvalue weighted by molar-refractivity contribution is 6.30. The zero-order valence-electron chi connectivity index (χ0n) is 12.0. The number of hydrogen-bond acceptors (Lipinski definition) is 3. The van der Waals surface area contributed by atoms with E-state index in [4.69, 9.17) is 21.1 Å². The summed E-state index contributed by atoms with van der Waals surface area (Å²) >= 11 is 6.17. The fourth-order valence-electron chi connectivity index (χ4n) is 2.59. The molecule has 2 aromatic rings. The number of nitrogens with one attached hydrogen (secondary N) is 1. The van der Waals surface area contributed by atoms with E-state index in [-0.39, 0.29) is 0 Å². The lowest BCUT2D eigenvalue weighted by atomic mass is 10.1. The van der Waals surface area contributed by atoms with Gasteiger partial charge >= 0.3 is 0 Å². The Morgan fingerprint density at radius 2 is 2.10 bits per heavy atom. The molecular formula is C17H18ClNO2. The second-order valence-electron chi connectivity index (χ2n) is 5.08. The number of benzene rings is 2. The van der Waals surface area contributed by atoms with E-state index in [1.54, 1.807) is 0 Å². The third-order valence-corrected chi connectivity index (χ3v) is 3.77. The summed E-state index contributed by atoms with van der Waals surface area (Å²) < 4.78 is 11.7. The molecule has 0 radical (unpaired) electrons. The van der Waals surface area contributed by atoms with E-state index in [2.05, 4.69) is 11.4 Å². The Hall–Kier alpha value is -1.71. The smallest absolute Gasteiger partial charge is 0.129 e. The monoisotopic (exact) mass is 303 g/mol. The molecule has 3 rings (SSSR count). The number of halogens is 1. The van der Waals surface area contributed by atoms with Gasteiger partial charge in [-0.1, -0.05) is 29.8 Å². The van der Waals surface area contributed by atoms with Gasteiger partial charge < -0.3 is 14.8 Å². The van der Waals surface area contributed by atoms with Gasteiger partial charge in [0.1, 0.15) is 18.1 Å². The number of hydrogen-bond donors (Lipinski definition) is 1. The normalized spacial score (nSPS) is 12.9. The minimum absolute atomic E-state index is 0.462. The van der Waals surface area contributed by atoms with Crippen molar-refractivity contribution in [2.75, 3.05) is 13.7 Å². The van der Waals surface area contributed by atoms with Crippen LogP contribution in [0.5, 0.6) is 11.5 Å². The molecule has 110 valence electrons. The highest BCUT2D eigenvalue weighted by Gasteiger charge is 2.18. The van der Waals surface area contributed by atoms with Crippen LogP contribution >= 0.6 is 11.6 Å². The molecule has 0 atom stereocenters. The highest BCUT2D eigenvalue weighted by Crippen LogP contribution is 2.33. The van der Waals surface area contributed by atoms with Gasteiger partial charge in [-0.3, -0.25) is 0 Å². The van der Waals surface area contributed by atoms with Crippen LogP contribution in [0.25, 0.3) is 0 Å². The molecule has 1 N–H and O–H groups in total. The lowest BCUT2D eigenvalue weighted by molar-refractivity contribution is 0.289. The molecule has 1 aliphatic heterocycles. The van der Waals surface area contributed by atoms with Crippen LogP contribution in [0.2, 0.25) is 5.02 Å². The van der Waals surface area contributed by atoms with Gasteiger partial charge in [-0.2, -0.15) is 0 Å². The number of rotatable bonds is 5. The van der Waals surface area contributed by atoms with Gasteiger partial charge in [0.15, 0.2) is 0 Å². The maximum atomic E-state index is 6.17. The van der Waals surface area contributed by atoms with Crippen molar-refractivity contribution in [3.63, 3.8) is 0 Å². The molecule has 0 aliphatic carbocycles. The largest absolute Gasteiger partial charge is 0.493 e. The summed E-state index contributed by atoms with van der Waals surface area (Å²) in [6.45, 7) is 1.96. The van der Waals surface area contributed by atoms with Gasteiger partial charge in [0.2, 0.25) is 0 Å². The molecule has 0 fully saturated rings. The van der Waals surface area contributed by atoms with Crippen LogP contribution in [0.15, 0.2) is 36.4 Å². The van der Waals surface area contributed by atoms with Crippen molar-refractivity contribution in [3.05, 3.63) is 58.1 Å². The Balaban J connectivity index is 1.80. The van der Waals surface area contributed by atoms with Crippen molar-refractivity contribution in [1.82, 2.24) is 5.32 Å². The molecule has 0 amide bonds. The first-order valence-corrected chi connectivity index (χ1v) is 7.45. The summed E-state index contributed by atoms with van der Waals surface area (Å²) in [6.07, 6.45) is 0.916. The van der Waals surface area contributed by atoms with Gasteiger partial charge in [0.05, 0.1) is 6.61 Å². The number of ether oxygens (including phenoxy) is 2. The average Bonchev–Trinajstić information content (AvgIpc) is 2.94. The SMILES string of the molecule is CNCc1ccccc1OCc1cc(Cl)cc2c1OCC2. The van der Waals surface area contributed by atoms with Crippen molar-refractivity contribution in [2.45, 2.75) is 19.6 Å². The van der Waals surface area contributed by atoms with Crippen LogP contribution in [0.1, 0.15) is 16.7 Å². The van der Waals surface area contributed by atoms with Gasteiger partial charge in [-0.15, -0.1) is 0 Å². The topological polar surface area (TPSA) is 30.5 Å². The van der Waals surface area contributed by atoms with Gasteiger partial charge in [-0.05, 0) is 30.8 Å². The molecule has 0 saturated heterocycles. The summed E-state index contributed by atoms with van der Waals surface area (Å²) in [5, 5.41) is 3.88. The lowest BCUT2D eigenvalue weighted by Crippen LogP contribution is -2.07. The zero-order valence-corrected chi connectivity index (χ0v) is 12.7. The third-order valence-electron chi connectivity index (χ3n) is 3.55. The van der Waals surface area contributed by atoms with Gasteiger partial charge in [0, 0.05) is 29.1 Å². The van der Waals surface area contributed by atoms with Crippen molar-refractivity contribution in [1.29, 1.82) is 0 Å². The maximum absolute atomic E-state index is 6.17. The molecule has 21 heavy (non-hydrogen) atoms. The first kappa shape index (κ1) is 14.2. The summed E-state index contributed by atoms with van der Waals surface area (Å²) in [7, 11) is 1.93. The van der Waals surface area contributed by atoms with E-state index in [9.17, 15) is 0 Å². The summed E-state index contributed by atoms with van der Waals surface area (Å²) in [4.78, 5) is 0. The molecule has 0 aromatic heterocycles. The Kier molecular flexibility index (Phi) is 4.32. The van der Waals surface area contributed by atoms with Crippen LogP contribution in [-0.4, -0.2) is 13.7 Å². The van der Waals surface area contributed by atoms with E-state index < -0.39 is 0 Å². The van der Waals surface area contributed by atoms with Crippen molar-refractivity contribution < 1.29 is 9.47 Å². The standard InChI is InChI=1S/C17H18ClNO2/c1-19-10-13-4-2-3-5-16(13)21-11-14-9-15(18)8-12-6-7-20-17(12)14/h2-5,8-9,19H,6-7,10-11H2,1H3. The highest BCUT2D eigenvalue weighted by atomic mass is 35.5. The predicted octanol–water partition coefficient (Wildman–Crippen LogP) is 3.57. The van der Waals surface area contributed by atoms with Gasteiger partial charge in [-0.25, -0.2) is 0 Å². The fraction of sp³-hybridized carbons (Fsp3) is 0.294. The molecular weight excluding hydrogens is 286 g/mol. The van der Waals surface area contributed by atoms with Crippen LogP contribution in [0.4, 0.5) is 0 Å². The molecule has 3 nitrogen and oxygen atoms in total. The predicted molar refractivity (Wildman–Crippen MR) is 84.2 cm³/mol. The second kappa shape index (κ2) is 6.37. The summed E-state index contributed by atoms with van der Waals surface area (Å²) in [5.41, 5.74) is 3.32. The maximum Gasteiger partial charge on any atom is 0.129 e. The first-order valence-electron chi connectivity index (χ1n) is 7.07. The molecule has 0 unspecified atom stereocenters. The van der Waals surface area contributed by atoms with Crippen LogP contribution in [-0.2, 0) is 19.6 Å². The molecule has 0 bridgehead atoms. The first-order chi connectivity index (χ1) is 10.3. The van der Waals surface area contributed by atoms with E-state index >= 15 is 0 Å². The minimum Gasteiger partial charge on any atom is -0.493 e. The molecule has 2 aromatic carbocycles. The molecule has 1 heterocycles. The Bertz CT molecular complexity index is 643. The van der Waals surface area contributed by atoms with Crippen LogP contribution in [0, 0.1) is 0 Å². The Morgan fingerprint density at radius 3 is 2.95 bits per heavy atom. The lowest BCUT2D eigenvalue weighted by Gasteiger charge is -2.13.